The van der Waals surface area contributed by atoms with E-state index in [9.17, 15) is 18.5 Å². The minimum absolute atomic E-state index is 0.00868. The average molecular weight is 313 g/mol. The summed E-state index contributed by atoms with van der Waals surface area (Å²) < 4.78 is 26.6. The van der Waals surface area contributed by atoms with Crippen molar-refractivity contribution in [1.82, 2.24) is 9.21 Å². The van der Waals surface area contributed by atoms with Gasteiger partial charge in [0.15, 0.2) is 0 Å². The molecule has 1 heterocycles. The van der Waals surface area contributed by atoms with Gasteiger partial charge in [0.25, 0.3) is 5.69 Å². The summed E-state index contributed by atoms with van der Waals surface area (Å²) in [5, 5.41) is 10.8. The molecule has 0 radical (unpaired) electrons. The van der Waals surface area contributed by atoms with E-state index in [0.29, 0.717) is 13.1 Å². The van der Waals surface area contributed by atoms with Crippen molar-refractivity contribution in [3.05, 3.63) is 34.4 Å². The Morgan fingerprint density at radius 3 is 2.33 bits per heavy atom. The Balaban J connectivity index is 2.24. The highest BCUT2D eigenvalue weighted by atomic mass is 32.2. The minimum atomic E-state index is -3.66. The molecule has 0 saturated carbocycles. The normalized spacial score (nSPS) is 18.9. The lowest BCUT2D eigenvalue weighted by molar-refractivity contribution is -0.385. The number of benzene rings is 1. The van der Waals surface area contributed by atoms with Crippen molar-refractivity contribution >= 4 is 15.7 Å². The maximum atomic E-state index is 12.6. The molecule has 0 unspecified atom stereocenters. The Morgan fingerprint density at radius 2 is 1.76 bits per heavy atom. The number of hydrogen-bond donors (Lipinski definition) is 0. The van der Waals surface area contributed by atoms with Crippen molar-refractivity contribution in [2.75, 3.05) is 33.2 Å². The van der Waals surface area contributed by atoms with Gasteiger partial charge in [-0.05, 0) is 39.0 Å². The third-order valence-corrected chi connectivity index (χ3v) is 5.46. The number of nitro benzene ring substituents is 1. The van der Waals surface area contributed by atoms with Gasteiger partial charge >= 0.3 is 0 Å². The van der Waals surface area contributed by atoms with Crippen molar-refractivity contribution in [3.8, 4) is 0 Å². The Kier molecular flexibility index (Phi) is 4.92. The Labute approximate surface area is 124 Å². The van der Waals surface area contributed by atoms with E-state index in [2.05, 4.69) is 4.90 Å². The van der Waals surface area contributed by atoms with Crippen molar-refractivity contribution in [3.63, 3.8) is 0 Å². The molecular formula is C13H19N3O4S. The van der Waals surface area contributed by atoms with Crippen LogP contribution in [0, 0.1) is 10.1 Å². The summed E-state index contributed by atoms with van der Waals surface area (Å²) in [6.07, 6.45) is 1.51. The quantitative estimate of drug-likeness (QED) is 0.620. The lowest BCUT2D eigenvalue weighted by Gasteiger charge is -2.27. The first-order valence-electron chi connectivity index (χ1n) is 6.84. The maximum absolute atomic E-state index is 12.6. The van der Waals surface area contributed by atoms with E-state index in [1.807, 2.05) is 7.05 Å². The molecule has 1 aliphatic heterocycles. The van der Waals surface area contributed by atoms with Crippen molar-refractivity contribution in [2.24, 2.45) is 0 Å². The molecule has 7 nitrogen and oxygen atoms in total. The molecular weight excluding hydrogens is 294 g/mol. The minimum Gasteiger partial charge on any atom is -0.306 e. The van der Waals surface area contributed by atoms with Crippen LogP contribution in [-0.2, 0) is 10.0 Å². The van der Waals surface area contributed by atoms with Crippen LogP contribution in [0.2, 0.25) is 0 Å². The summed E-state index contributed by atoms with van der Waals surface area (Å²) in [7, 11) is -1.65. The summed E-state index contributed by atoms with van der Waals surface area (Å²) in [6, 6.07) is 5.23. The smallest absolute Gasteiger partial charge is 0.270 e. The van der Waals surface area contributed by atoms with Gasteiger partial charge in [0.1, 0.15) is 0 Å². The van der Waals surface area contributed by atoms with E-state index < -0.39 is 14.9 Å². The molecule has 0 N–H and O–H groups in total. The Bertz CT molecular complexity index is 608. The Morgan fingerprint density at radius 1 is 1.14 bits per heavy atom. The second kappa shape index (κ2) is 6.50. The standard InChI is InChI=1S/C13H19N3O4S/c1-14-7-3-9-15(10-4-8-14)21(19,20)13-6-2-5-12(11-13)16(17)18/h2,5-6,11H,3-4,7-10H2,1H3. The second-order valence-electron chi connectivity index (χ2n) is 5.17. The van der Waals surface area contributed by atoms with Crippen molar-refractivity contribution in [1.29, 1.82) is 0 Å². The average Bonchev–Trinajstić information content (AvgIpc) is 2.42. The molecule has 8 heteroatoms. The van der Waals surface area contributed by atoms with Gasteiger partial charge < -0.3 is 4.90 Å². The van der Waals surface area contributed by atoms with Crippen LogP contribution >= 0.6 is 0 Å². The summed E-state index contributed by atoms with van der Waals surface area (Å²) in [5.74, 6) is 0. The van der Waals surface area contributed by atoms with Crippen molar-refractivity contribution in [2.45, 2.75) is 17.7 Å². The van der Waals surface area contributed by atoms with Crippen LogP contribution in [0.5, 0.6) is 0 Å². The lowest BCUT2D eigenvalue weighted by atomic mass is 10.3. The first-order valence-corrected chi connectivity index (χ1v) is 8.28. The van der Waals surface area contributed by atoms with Gasteiger partial charge in [0, 0.05) is 25.2 Å². The molecule has 1 fully saturated rings. The number of non-ortho nitro benzene ring substituents is 1. The third kappa shape index (κ3) is 3.78. The molecule has 0 bridgehead atoms. The Hall–Kier alpha value is -1.51. The zero-order valence-electron chi connectivity index (χ0n) is 11.9. The molecule has 0 aromatic heterocycles. The third-order valence-electron chi connectivity index (χ3n) is 3.56. The van der Waals surface area contributed by atoms with Gasteiger partial charge in [0.05, 0.1) is 9.82 Å². The van der Waals surface area contributed by atoms with Gasteiger partial charge in [-0.2, -0.15) is 4.31 Å². The molecule has 2 rings (SSSR count). The van der Waals surface area contributed by atoms with Crippen molar-refractivity contribution < 1.29 is 13.3 Å². The first-order chi connectivity index (χ1) is 9.91. The zero-order valence-corrected chi connectivity index (χ0v) is 12.8. The number of sulfonamides is 1. The SMILES string of the molecule is CN1CCCN(S(=O)(=O)c2cccc([N+](=O)[O-])c2)CCC1. The molecule has 1 saturated heterocycles. The van der Waals surface area contributed by atoms with Gasteiger partial charge in [-0.15, -0.1) is 0 Å². The number of nitro groups is 1. The van der Waals surface area contributed by atoms with Crippen LogP contribution in [0.4, 0.5) is 5.69 Å². The molecule has 1 aliphatic rings. The second-order valence-corrected chi connectivity index (χ2v) is 7.11. The fourth-order valence-corrected chi connectivity index (χ4v) is 3.96. The highest BCUT2D eigenvalue weighted by Gasteiger charge is 2.26. The van der Waals surface area contributed by atoms with E-state index >= 15 is 0 Å². The molecule has 0 atom stereocenters. The highest BCUT2D eigenvalue weighted by molar-refractivity contribution is 7.89. The molecule has 0 aliphatic carbocycles. The van der Waals surface area contributed by atoms with Gasteiger partial charge in [-0.3, -0.25) is 10.1 Å². The zero-order chi connectivity index (χ0) is 15.5. The van der Waals surface area contributed by atoms with Crippen LogP contribution in [0.3, 0.4) is 0 Å². The number of nitrogens with zero attached hydrogens (tertiary/aromatic N) is 3. The largest absolute Gasteiger partial charge is 0.306 e. The van der Waals surface area contributed by atoms with Crippen LogP contribution < -0.4 is 0 Å². The highest BCUT2D eigenvalue weighted by Crippen LogP contribution is 2.22. The monoisotopic (exact) mass is 313 g/mol. The molecule has 116 valence electrons. The summed E-state index contributed by atoms with van der Waals surface area (Å²) in [4.78, 5) is 12.4. The van der Waals surface area contributed by atoms with Crippen LogP contribution in [0.15, 0.2) is 29.2 Å². The fourth-order valence-electron chi connectivity index (χ4n) is 2.40. The molecule has 1 aromatic carbocycles. The van der Waals surface area contributed by atoms with E-state index in [-0.39, 0.29) is 10.6 Å². The van der Waals surface area contributed by atoms with E-state index in [0.717, 1.165) is 32.0 Å². The first kappa shape index (κ1) is 15.9. The number of hydrogen-bond acceptors (Lipinski definition) is 5. The van der Waals surface area contributed by atoms with Crippen LogP contribution in [0.1, 0.15) is 12.8 Å². The summed E-state index contributed by atoms with van der Waals surface area (Å²) >= 11 is 0. The summed E-state index contributed by atoms with van der Waals surface area (Å²) in [6.45, 7) is 2.58. The van der Waals surface area contributed by atoms with E-state index in [4.69, 9.17) is 0 Å². The fraction of sp³-hybridized carbons (Fsp3) is 0.538. The molecule has 21 heavy (non-hydrogen) atoms. The molecule has 0 amide bonds. The van der Waals surface area contributed by atoms with Crippen LogP contribution in [0.25, 0.3) is 0 Å². The predicted octanol–water partition coefficient (Wildman–Crippen LogP) is 1.31. The lowest BCUT2D eigenvalue weighted by Crippen LogP contribution is -2.38. The number of rotatable bonds is 3. The maximum Gasteiger partial charge on any atom is 0.270 e. The van der Waals surface area contributed by atoms with Gasteiger partial charge in [-0.1, -0.05) is 6.07 Å². The topological polar surface area (TPSA) is 83.8 Å². The van der Waals surface area contributed by atoms with Gasteiger partial charge in [-0.25, -0.2) is 8.42 Å². The molecule has 1 aromatic rings. The van der Waals surface area contributed by atoms with Crippen LogP contribution in [-0.4, -0.2) is 55.8 Å². The van der Waals surface area contributed by atoms with E-state index in [1.54, 1.807) is 0 Å². The molecule has 0 spiro atoms. The van der Waals surface area contributed by atoms with E-state index in [1.165, 1.54) is 22.5 Å². The van der Waals surface area contributed by atoms with Gasteiger partial charge in [0.2, 0.25) is 10.0 Å². The summed E-state index contributed by atoms with van der Waals surface area (Å²) in [5.41, 5.74) is -0.206. The predicted molar refractivity (Wildman–Crippen MR) is 78.6 cm³/mol.